The molecule has 2 rings (SSSR count). The molecule has 0 aliphatic carbocycles. The average Bonchev–Trinajstić information content (AvgIpc) is 2.73. The number of aryl methyl sites for hydroxylation is 1. The molecule has 2 N–H and O–H groups in total. The monoisotopic (exact) mass is 238 g/mol. The Kier molecular flexibility index (Phi) is 4.08. The van der Waals surface area contributed by atoms with Gasteiger partial charge in [0.05, 0.1) is 0 Å². The predicted molar refractivity (Wildman–Crippen MR) is 62.5 cm³/mol. The molecular weight excluding hydrogens is 220 g/mol. The van der Waals surface area contributed by atoms with Crippen molar-refractivity contribution < 1.29 is 9.21 Å². The molecular formula is C11H18N4O2. The SMILES string of the molecule is Cc1nnc(NC(=O)CCC2CCNCC2)o1. The van der Waals surface area contributed by atoms with E-state index in [0.717, 1.165) is 32.4 Å². The molecule has 1 aromatic heterocycles. The van der Waals surface area contributed by atoms with Crippen molar-refractivity contribution in [2.24, 2.45) is 5.92 Å². The van der Waals surface area contributed by atoms with Crippen molar-refractivity contribution in [1.29, 1.82) is 0 Å². The number of nitrogens with zero attached hydrogens (tertiary/aromatic N) is 2. The second-order valence-electron chi connectivity index (χ2n) is 4.41. The summed E-state index contributed by atoms with van der Waals surface area (Å²) in [7, 11) is 0. The van der Waals surface area contributed by atoms with E-state index in [9.17, 15) is 4.79 Å². The average molecular weight is 238 g/mol. The third-order valence-electron chi connectivity index (χ3n) is 3.01. The van der Waals surface area contributed by atoms with Crippen molar-refractivity contribution in [1.82, 2.24) is 15.5 Å². The van der Waals surface area contributed by atoms with Crippen molar-refractivity contribution in [3.05, 3.63) is 5.89 Å². The topological polar surface area (TPSA) is 80.0 Å². The van der Waals surface area contributed by atoms with Crippen LogP contribution in [0, 0.1) is 12.8 Å². The Morgan fingerprint density at radius 2 is 2.24 bits per heavy atom. The van der Waals surface area contributed by atoms with E-state index >= 15 is 0 Å². The van der Waals surface area contributed by atoms with E-state index in [1.807, 2.05) is 0 Å². The van der Waals surface area contributed by atoms with E-state index < -0.39 is 0 Å². The fraction of sp³-hybridized carbons (Fsp3) is 0.727. The van der Waals surface area contributed by atoms with Crippen molar-refractivity contribution >= 4 is 11.9 Å². The molecule has 2 heterocycles. The number of rotatable bonds is 4. The number of carbonyl (C=O) groups is 1. The number of nitrogens with one attached hydrogen (secondary N) is 2. The lowest BCUT2D eigenvalue weighted by atomic mass is 9.93. The first-order valence-electron chi connectivity index (χ1n) is 6.04. The fourth-order valence-electron chi connectivity index (χ4n) is 2.03. The maximum Gasteiger partial charge on any atom is 0.322 e. The summed E-state index contributed by atoms with van der Waals surface area (Å²) in [6, 6.07) is 0.192. The molecule has 0 saturated carbocycles. The van der Waals surface area contributed by atoms with Crippen LogP contribution >= 0.6 is 0 Å². The third kappa shape index (κ3) is 3.81. The van der Waals surface area contributed by atoms with Crippen LogP contribution in [0.25, 0.3) is 0 Å². The summed E-state index contributed by atoms with van der Waals surface area (Å²) in [5, 5.41) is 13.3. The minimum atomic E-state index is -0.0489. The van der Waals surface area contributed by atoms with Gasteiger partial charge in [-0.15, -0.1) is 5.10 Å². The minimum Gasteiger partial charge on any atom is -0.408 e. The Morgan fingerprint density at radius 1 is 1.47 bits per heavy atom. The number of hydrogen-bond donors (Lipinski definition) is 2. The van der Waals surface area contributed by atoms with E-state index in [4.69, 9.17) is 4.42 Å². The summed E-state index contributed by atoms with van der Waals surface area (Å²) in [5.41, 5.74) is 0. The highest BCUT2D eigenvalue weighted by Gasteiger charge is 2.15. The molecule has 1 saturated heterocycles. The third-order valence-corrected chi connectivity index (χ3v) is 3.01. The van der Waals surface area contributed by atoms with Crippen LogP contribution < -0.4 is 10.6 Å². The highest BCUT2D eigenvalue weighted by molar-refractivity contribution is 5.88. The molecule has 1 aliphatic heterocycles. The van der Waals surface area contributed by atoms with Crippen molar-refractivity contribution in [2.45, 2.75) is 32.6 Å². The summed E-state index contributed by atoms with van der Waals surface area (Å²) in [6.45, 7) is 3.82. The van der Waals surface area contributed by atoms with Gasteiger partial charge in [-0.1, -0.05) is 5.10 Å². The van der Waals surface area contributed by atoms with Gasteiger partial charge in [-0.05, 0) is 38.3 Å². The lowest BCUT2D eigenvalue weighted by Crippen LogP contribution is -2.28. The van der Waals surface area contributed by atoms with Crippen LogP contribution in [0.5, 0.6) is 0 Å². The fourth-order valence-corrected chi connectivity index (χ4v) is 2.03. The number of hydrogen-bond acceptors (Lipinski definition) is 5. The smallest absolute Gasteiger partial charge is 0.322 e. The van der Waals surface area contributed by atoms with Gasteiger partial charge in [-0.25, -0.2) is 0 Å². The summed E-state index contributed by atoms with van der Waals surface area (Å²) >= 11 is 0. The lowest BCUT2D eigenvalue weighted by molar-refractivity contribution is -0.116. The van der Waals surface area contributed by atoms with Crippen LogP contribution in [0.15, 0.2) is 4.42 Å². The Bertz CT molecular complexity index is 371. The Hall–Kier alpha value is -1.43. The summed E-state index contributed by atoms with van der Waals surface area (Å²) in [4.78, 5) is 11.6. The summed E-state index contributed by atoms with van der Waals surface area (Å²) in [6.07, 6.45) is 3.77. The molecule has 94 valence electrons. The predicted octanol–water partition coefficient (Wildman–Crippen LogP) is 1.10. The zero-order valence-corrected chi connectivity index (χ0v) is 10.0. The summed E-state index contributed by atoms with van der Waals surface area (Å²) < 4.78 is 5.08. The van der Waals surface area contributed by atoms with E-state index in [2.05, 4.69) is 20.8 Å². The molecule has 6 nitrogen and oxygen atoms in total. The van der Waals surface area contributed by atoms with Crippen molar-refractivity contribution in [3.63, 3.8) is 0 Å². The van der Waals surface area contributed by atoms with Crippen LogP contribution in [-0.4, -0.2) is 29.2 Å². The first-order chi connectivity index (χ1) is 8.24. The quantitative estimate of drug-likeness (QED) is 0.821. The first-order valence-corrected chi connectivity index (χ1v) is 6.04. The van der Waals surface area contributed by atoms with E-state index in [0.29, 0.717) is 18.2 Å². The second-order valence-corrected chi connectivity index (χ2v) is 4.41. The van der Waals surface area contributed by atoms with Gasteiger partial charge in [0, 0.05) is 13.3 Å². The summed E-state index contributed by atoms with van der Waals surface area (Å²) in [5.74, 6) is 1.07. The second kappa shape index (κ2) is 5.77. The van der Waals surface area contributed by atoms with Crippen LogP contribution in [0.1, 0.15) is 31.6 Å². The Labute approximate surface area is 100 Å². The van der Waals surface area contributed by atoms with Gasteiger partial charge in [0.15, 0.2) is 0 Å². The largest absolute Gasteiger partial charge is 0.408 e. The number of piperidine rings is 1. The Morgan fingerprint density at radius 3 is 2.88 bits per heavy atom. The van der Waals surface area contributed by atoms with Crippen molar-refractivity contribution in [3.8, 4) is 0 Å². The molecule has 1 fully saturated rings. The van der Waals surface area contributed by atoms with Gasteiger partial charge in [-0.3, -0.25) is 10.1 Å². The molecule has 1 amide bonds. The highest BCUT2D eigenvalue weighted by atomic mass is 16.4. The molecule has 1 aliphatic rings. The highest BCUT2D eigenvalue weighted by Crippen LogP contribution is 2.18. The molecule has 0 unspecified atom stereocenters. The molecule has 0 spiro atoms. The van der Waals surface area contributed by atoms with Gasteiger partial charge in [0.2, 0.25) is 11.8 Å². The van der Waals surface area contributed by atoms with Crippen LogP contribution in [0.3, 0.4) is 0 Å². The standard InChI is InChI=1S/C11H18N4O2/c1-8-14-15-11(17-8)13-10(16)3-2-9-4-6-12-7-5-9/h9,12H,2-7H2,1H3,(H,13,15,16). The molecule has 0 radical (unpaired) electrons. The zero-order valence-electron chi connectivity index (χ0n) is 10.0. The number of amides is 1. The molecule has 17 heavy (non-hydrogen) atoms. The van der Waals surface area contributed by atoms with Crippen LogP contribution in [-0.2, 0) is 4.79 Å². The maximum atomic E-state index is 11.6. The maximum absolute atomic E-state index is 11.6. The normalized spacial score (nSPS) is 17.0. The minimum absolute atomic E-state index is 0.0489. The van der Waals surface area contributed by atoms with Gasteiger partial charge in [-0.2, -0.15) is 0 Å². The molecule has 1 aromatic rings. The number of aromatic nitrogens is 2. The molecule has 6 heteroatoms. The molecule has 0 aromatic carbocycles. The van der Waals surface area contributed by atoms with Gasteiger partial charge < -0.3 is 9.73 Å². The number of anilines is 1. The lowest BCUT2D eigenvalue weighted by Gasteiger charge is -2.21. The first kappa shape index (κ1) is 12.0. The Balaban J connectivity index is 1.70. The van der Waals surface area contributed by atoms with E-state index in [-0.39, 0.29) is 11.9 Å². The van der Waals surface area contributed by atoms with Crippen LogP contribution in [0.4, 0.5) is 6.01 Å². The zero-order chi connectivity index (χ0) is 12.1. The molecule has 0 atom stereocenters. The van der Waals surface area contributed by atoms with Gasteiger partial charge in [0.25, 0.3) is 0 Å². The van der Waals surface area contributed by atoms with E-state index in [1.54, 1.807) is 6.92 Å². The number of carbonyl (C=O) groups excluding carboxylic acids is 1. The van der Waals surface area contributed by atoms with E-state index in [1.165, 1.54) is 0 Å². The molecule has 0 bridgehead atoms. The van der Waals surface area contributed by atoms with Gasteiger partial charge >= 0.3 is 6.01 Å². The van der Waals surface area contributed by atoms with Gasteiger partial charge in [0.1, 0.15) is 0 Å². The van der Waals surface area contributed by atoms with Crippen molar-refractivity contribution in [2.75, 3.05) is 18.4 Å². The van der Waals surface area contributed by atoms with Crippen LogP contribution in [0.2, 0.25) is 0 Å².